The fourth-order valence-corrected chi connectivity index (χ4v) is 5.19. The van der Waals surface area contributed by atoms with Gasteiger partial charge >= 0.3 is 0 Å². The Bertz CT molecular complexity index is 1050. The van der Waals surface area contributed by atoms with Crippen molar-refractivity contribution in [2.75, 3.05) is 5.32 Å². The molecular formula is C20H16N2O2S2. The zero-order chi connectivity index (χ0) is 18.0. The molecule has 1 atom stereocenters. The first kappa shape index (κ1) is 16.9. The van der Waals surface area contributed by atoms with Crippen LogP contribution in [0.3, 0.4) is 0 Å². The summed E-state index contributed by atoms with van der Waals surface area (Å²) in [5, 5.41) is 3.52. The molecule has 0 aromatic heterocycles. The summed E-state index contributed by atoms with van der Waals surface area (Å²) in [5.41, 5.74) is 3.10. The van der Waals surface area contributed by atoms with Gasteiger partial charge in [0.1, 0.15) is 0 Å². The number of fused-ring (bicyclic) bond motifs is 1. The Kier molecular flexibility index (Phi) is 4.53. The van der Waals surface area contributed by atoms with E-state index in [1.54, 1.807) is 30.3 Å². The molecule has 26 heavy (non-hydrogen) atoms. The van der Waals surface area contributed by atoms with Crippen LogP contribution in [0.25, 0.3) is 0 Å². The molecular weight excluding hydrogens is 364 g/mol. The average Bonchev–Trinajstić information content (AvgIpc) is 2.68. The molecule has 6 heteroatoms. The fourth-order valence-electron chi connectivity index (χ4n) is 2.83. The summed E-state index contributed by atoms with van der Waals surface area (Å²) in [6.07, 6.45) is 0. The monoisotopic (exact) mass is 380 g/mol. The van der Waals surface area contributed by atoms with Crippen LogP contribution >= 0.6 is 11.8 Å². The number of hydrogen-bond donors (Lipinski definition) is 1. The first-order valence-electron chi connectivity index (χ1n) is 8.11. The van der Waals surface area contributed by atoms with E-state index in [4.69, 9.17) is 0 Å². The third kappa shape index (κ3) is 3.38. The van der Waals surface area contributed by atoms with E-state index in [2.05, 4.69) is 15.8 Å². The molecule has 0 spiro atoms. The molecule has 130 valence electrons. The number of para-hydroxylation sites is 1. The number of hydrogen-bond acceptors (Lipinski definition) is 3. The molecule has 3 aromatic rings. The quantitative estimate of drug-likeness (QED) is 0.717. The Labute approximate surface area is 157 Å². The maximum absolute atomic E-state index is 12.6. The van der Waals surface area contributed by atoms with Crippen LogP contribution in [0.1, 0.15) is 16.4 Å². The fraction of sp³-hybridized carbons (Fsp3) is 0.0500. The molecule has 0 amide bonds. The number of anilines is 1. The SMILES string of the molecule is O=S(=O)(/N=C1\Nc2ccccc2C(c2ccccc2)S1)c1ccccc1. The van der Waals surface area contributed by atoms with Crippen LogP contribution in [0.5, 0.6) is 0 Å². The summed E-state index contributed by atoms with van der Waals surface area (Å²) in [5.74, 6) is 0. The summed E-state index contributed by atoms with van der Waals surface area (Å²) in [4.78, 5) is 0.185. The van der Waals surface area contributed by atoms with Gasteiger partial charge in [-0.2, -0.15) is 8.42 Å². The minimum Gasteiger partial charge on any atom is -0.334 e. The second kappa shape index (κ2) is 6.97. The van der Waals surface area contributed by atoms with Crippen molar-refractivity contribution in [3.05, 3.63) is 96.1 Å². The summed E-state index contributed by atoms with van der Waals surface area (Å²) in [6, 6.07) is 26.2. The van der Waals surface area contributed by atoms with Crippen molar-refractivity contribution in [3.63, 3.8) is 0 Å². The zero-order valence-electron chi connectivity index (χ0n) is 13.7. The molecule has 0 bridgehead atoms. The number of nitrogens with zero attached hydrogens (tertiary/aromatic N) is 1. The van der Waals surface area contributed by atoms with Crippen LogP contribution < -0.4 is 5.32 Å². The molecule has 0 saturated heterocycles. The highest BCUT2D eigenvalue weighted by atomic mass is 32.2. The van der Waals surface area contributed by atoms with Crippen LogP contribution in [-0.4, -0.2) is 13.6 Å². The van der Waals surface area contributed by atoms with Gasteiger partial charge in [0, 0.05) is 5.69 Å². The van der Waals surface area contributed by atoms with Gasteiger partial charge in [-0.1, -0.05) is 78.5 Å². The summed E-state index contributed by atoms with van der Waals surface area (Å²) >= 11 is 1.41. The standard InChI is InChI=1S/C20H16N2O2S2/c23-26(24,16-11-5-2-6-12-16)22-20-21-18-14-8-7-13-17(18)19(25-20)15-9-3-1-4-10-15/h1-14,19H,(H,21,22). The second-order valence-electron chi connectivity index (χ2n) is 5.81. The molecule has 1 heterocycles. The topological polar surface area (TPSA) is 58.5 Å². The van der Waals surface area contributed by atoms with E-state index in [1.165, 1.54) is 11.8 Å². The third-order valence-corrected chi connectivity index (χ3v) is 6.65. The van der Waals surface area contributed by atoms with Crippen molar-refractivity contribution >= 4 is 32.6 Å². The van der Waals surface area contributed by atoms with E-state index in [1.807, 2.05) is 48.5 Å². The van der Waals surface area contributed by atoms with Crippen molar-refractivity contribution < 1.29 is 8.42 Å². The largest absolute Gasteiger partial charge is 0.334 e. The minimum absolute atomic E-state index is 0.0154. The van der Waals surface area contributed by atoms with Gasteiger partial charge in [0.2, 0.25) is 0 Å². The predicted molar refractivity (Wildman–Crippen MR) is 107 cm³/mol. The van der Waals surface area contributed by atoms with Crippen LogP contribution in [-0.2, 0) is 10.0 Å². The molecule has 4 nitrogen and oxygen atoms in total. The number of benzene rings is 3. The number of thioether (sulfide) groups is 1. The van der Waals surface area contributed by atoms with E-state index in [-0.39, 0.29) is 10.1 Å². The molecule has 4 rings (SSSR count). The molecule has 1 unspecified atom stereocenters. The summed E-state index contributed by atoms with van der Waals surface area (Å²) in [6.45, 7) is 0. The van der Waals surface area contributed by atoms with Crippen LogP contribution in [0, 0.1) is 0 Å². The van der Waals surface area contributed by atoms with E-state index in [0.717, 1.165) is 16.8 Å². The van der Waals surface area contributed by atoms with Crippen molar-refractivity contribution in [1.29, 1.82) is 0 Å². The van der Waals surface area contributed by atoms with Gasteiger partial charge in [-0.05, 0) is 29.3 Å². The molecule has 1 aliphatic rings. The van der Waals surface area contributed by atoms with Gasteiger partial charge in [0.25, 0.3) is 10.0 Å². The number of sulfonamides is 1. The Balaban J connectivity index is 1.76. The van der Waals surface area contributed by atoms with Gasteiger partial charge in [-0.25, -0.2) is 0 Å². The molecule has 0 aliphatic carbocycles. The lowest BCUT2D eigenvalue weighted by atomic mass is 10.0. The molecule has 1 aliphatic heterocycles. The van der Waals surface area contributed by atoms with Crippen LogP contribution in [0.2, 0.25) is 0 Å². The van der Waals surface area contributed by atoms with Gasteiger partial charge in [-0.15, -0.1) is 4.40 Å². The van der Waals surface area contributed by atoms with Crippen molar-refractivity contribution in [2.45, 2.75) is 10.1 Å². The lowest BCUT2D eigenvalue weighted by Crippen LogP contribution is -2.20. The second-order valence-corrected chi connectivity index (χ2v) is 8.50. The van der Waals surface area contributed by atoms with E-state index < -0.39 is 10.0 Å². The maximum Gasteiger partial charge on any atom is 0.284 e. The molecule has 3 aromatic carbocycles. The smallest absolute Gasteiger partial charge is 0.284 e. The molecule has 0 fully saturated rings. The van der Waals surface area contributed by atoms with Crippen LogP contribution in [0.15, 0.2) is 94.2 Å². The normalized spacial score (nSPS) is 18.2. The first-order chi connectivity index (χ1) is 12.6. The van der Waals surface area contributed by atoms with Gasteiger partial charge < -0.3 is 5.32 Å². The van der Waals surface area contributed by atoms with Gasteiger partial charge in [0.05, 0.1) is 10.1 Å². The van der Waals surface area contributed by atoms with E-state index in [9.17, 15) is 8.42 Å². The Hall–Kier alpha value is -2.57. The third-order valence-electron chi connectivity index (χ3n) is 4.06. The Morgan fingerprint density at radius 3 is 2.15 bits per heavy atom. The number of rotatable bonds is 3. The number of nitrogens with one attached hydrogen (secondary N) is 1. The lowest BCUT2D eigenvalue weighted by molar-refractivity contribution is 0.598. The average molecular weight is 380 g/mol. The lowest BCUT2D eigenvalue weighted by Gasteiger charge is -2.27. The number of amidine groups is 1. The highest BCUT2D eigenvalue weighted by Gasteiger charge is 2.27. The van der Waals surface area contributed by atoms with Crippen molar-refractivity contribution in [2.24, 2.45) is 4.40 Å². The van der Waals surface area contributed by atoms with E-state index >= 15 is 0 Å². The highest BCUT2D eigenvalue weighted by Crippen LogP contribution is 2.44. The zero-order valence-corrected chi connectivity index (χ0v) is 15.4. The van der Waals surface area contributed by atoms with Crippen LogP contribution in [0.4, 0.5) is 5.69 Å². The first-order valence-corrected chi connectivity index (χ1v) is 10.4. The predicted octanol–water partition coefficient (Wildman–Crippen LogP) is 4.68. The Morgan fingerprint density at radius 2 is 1.42 bits per heavy atom. The summed E-state index contributed by atoms with van der Waals surface area (Å²) in [7, 11) is -3.76. The van der Waals surface area contributed by atoms with Crippen molar-refractivity contribution in [3.8, 4) is 0 Å². The Morgan fingerprint density at radius 1 is 0.808 bits per heavy atom. The van der Waals surface area contributed by atoms with Gasteiger partial charge in [-0.3, -0.25) is 0 Å². The maximum atomic E-state index is 12.6. The molecule has 0 saturated carbocycles. The minimum atomic E-state index is -3.76. The van der Waals surface area contributed by atoms with Gasteiger partial charge in [0.15, 0.2) is 5.17 Å². The van der Waals surface area contributed by atoms with Crippen molar-refractivity contribution in [1.82, 2.24) is 0 Å². The summed E-state index contributed by atoms with van der Waals surface area (Å²) < 4.78 is 29.3. The molecule has 1 N–H and O–H groups in total. The highest BCUT2D eigenvalue weighted by molar-refractivity contribution is 8.15. The van der Waals surface area contributed by atoms with E-state index in [0.29, 0.717) is 5.17 Å². The molecule has 0 radical (unpaired) electrons.